The summed E-state index contributed by atoms with van der Waals surface area (Å²) in [6.45, 7) is 1.46. The third kappa shape index (κ3) is 4.96. The zero-order valence-corrected chi connectivity index (χ0v) is 18.1. The molecule has 1 aromatic carbocycles. The molecular weight excluding hydrogens is 420 g/mol. The number of benzene rings is 1. The van der Waals surface area contributed by atoms with Crippen LogP contribution in [0.5, 0.6) is 5.75 Å². The molecule has 1 aliphatic heterocycles. The summed E-state index contributed by atoms with van der Waals surface area (Å²) in [4.78, 5) is 28.1. The third-order valence-corrected chi connectivity index (χ3v) is 6.47. The number of para-hydroxylation sites is 1. The van der Waals surface area contributed by atoms with E-state index in [2.05, 4.69) is 21.2 Å². The van der Waals surface area contributed by atoms with Gasteiger partial charge in [-0.25, -0.2) is 0 Å². The minimum absolute atomic E-state index is 0.0177. The van der Waals surface area contributed by atoms with Crippen LogP contribution in [-0.4, -0.2) is 36.9 Å². The topological polar surface area (TPSA) is 58.6 Å². The van der Waals surface area contributed by atoms with Crippen molar-refractivity contribution in [1.82, 2.24) is 10.2 Å². The number of nitrogens with zero attached hydrogens (tertiary/aromatic N) is 1. The van der Waals surface area contributed by atoms with Crippen LogP contribution in [0.3, 0.4) is 0 Å². The Morgan fingerprint density at radius 3 is 2.36 bits per heavy atom. The number of nitrogens with one attached hydrogen (secondary N) is 1. The van der Waals surface area contributed by atoms with Gasteiger partial charge >= 0.3 is 0 Å². The van der Waals surface area contributed by atoms with E-state index < -0.39 is 0 Å². The highest BCUT2D eigenvalue weighted by Crippen LogP contribution is 2.33. The second-order valence-corrected chi connectivity index (χ2v) is 8.36. The summed E-state index contributed by atoms with van der Waals surface area (Å²) in [7, 11) is 1.60. The van der Waals surface area contributed by atoms with E-state index >= 15 is 0 Å². The smallest absolute Gasteiger partial charge is 0.271 e. The van der Waals surface area contributed by atoms with Crippen molar-refractivity contribution in [1.29, 1.82) is 0 Å². The van der Waals surface area contributed by atoms with Gasteiger partial charge in [0.2, 0.25) is 5.91 Å². The van der Waals surface area contributed by atoms with Crippen LogP contribution in [0.15, 0.2) is 30.0 Å². The van der Waals surface area contributed by atoms with Crippen LogP contribution in [0.2, 0.25) is 0 Å². The van der Waals surface area contributed by atoms with Crippen molar-refractivity contribution in [3.8, 4) is 5.75 Å². The number of carbonyl (C=O) groups is 2. The van der Waals surface area contributed by atoms with Crippen LogP contribution in [0.25, 0.3) is 4.48 Å². The van der Waals surface area contributed by atoms with E-state index in [1.54, 1.807) is 7.11 Å². The van der Waals surface area contributed by atoms with Gasteiger partial charge < -0.3 is 15.0 Å². The molecule has 2 amide bonds. The van der Waals surface area contributed by atoms with Gasteiger partial charge in [0, 0.05) is 24.6 Å². The summed E-state index contributed by atoms with van der Waals surface area (Å²) in [5, 5.41) is 2.98. The predicted octanol–water partition coefficient (Wildman–Crippen LogP) is 4.47. The molecule has 1 saturated heterocycles. The van der Waals surface area contributed by atoms with Gasteiger partial charge in [-0.2, -0.15) is 0 Å². The van der Waals surface area contributed by atoms with Crippen molar-refractivity contribution in [2.45, 2.75) is 51.4 Å². The van der Waals surface area contributed by atoms with Crippen LogP contribution < -0.4 is 10.1 Å². The summed E-state index contributed by atoms with van der Waals surface area (Å²) in [5.41, 5.74) is 1.08. The Kier molecular flexibility index (Phi) is 7.54. The van der Waals surface area contributed by atoms with Crippen LogP contribution in [-0.2, 0) is 9.59 Å². The molecule has 0 unspecified atom stereocenters. The van der Waals surface area contributed by atoms with E-state index in [4.69, 9.17) is 4.74 Å². The normalized spacial score (nSPS) is 19.0. The number of likely N-dealkylation sites (tertiary alicyclic amines) is 1. The quantitative estimate of drug-likeness (QED) is 0.675. The second kappa shape index (κ2) is 10.1. The fraction of sp³-hybridized carbons (Fsp3) is 0.545. The third-order valence-electron chi connectivity index (χ3n) is 5.64. The van der Waals surface area contributed by atoms with Crippen LogP contribution in [0.4, 0.5) is 0 Å². The molecule has 3 rings (SSSR count). The van der Waals surface area contributed by atoms with Crippen molar-refractivity contribution < 1.29 is 14.3 Å². The average Bonchev–Trinajstić information content (AvgIpc) is 2.77. The first-order valence-electron chi connectivity index (χ1n) is 10.2. The maximum Gasteiger partial charge on any atom is 0.271 e. The Balaban J connectivity index is 1.92. The van der Waals surface area contributed by atoms with Gasteiger partial charge in [-0.05, 0) is 54.1 Å². The molecule has 2 aliphatic rings. The zero-order valence-electron chi connectivity index (χ0n) is 16.5. The number of rotatable bonds is 5. The zero-order chi connectivity index (χ0) is 19.9. The number of methoxy groups -OCH3 is 1. The van der Waals surface area contributed by atoms with Gasteiger partial charge in [-0.1, -0.05) is 37.5 Å². The molecular formula is C22H29BrN2O3. The molecule has 0 atom stereocenters. The first kappa shape index (κ1) is 20.9. The number of carbonyl (C=O) groups excluding carboxylic acids is 2. The lowest BCUT2D eigenvalue weighted by Crippen LogP contribution is -2.43. The van der Waals surface area contributed by atoms with Crippen molar-refractivity contribution in [2.24, 2.45) is 5.92 Å². The van der Waals surface area contributed by atoms with E-state index in [-0.39, 0.29) is 17.7 Å². The number of ether oxygens (including phenoxy) is 1. The average molecular weight is 449 g/mol. The number of hydrogen-bond acceptors (Lipinski definition) is 3. The number of piperidine rings is 1. The van der Waals surface area contributed by atoms with Crippen LogP contribution >= 0.6 is 15.9 Å². The minimum atomic E-state index is -0.123. The molecule has 0 radical (unpaired) electrons. The second-order valence-electron chi connectivity index (χ2n) is 7.57. The van der Waals surface area contributed by atoms with Crippen LogP contribution in [0, 0.1) is 5.92 Å². The first-order chi connectivity index (χ1) is 13.6. The monoisotopic (exact) mass is 448 g/mol. The molecule has 1 aromatic rings. The minimum Gasteiger partial charge on any atom is -0.496 e. The first-order valence-corrected chi connectivity index (χ1v) is 11.0. The molecule has 2 fully saturated rings. The van der Waals surface area contributed by atoms with Crippen molar-refractivity contribution in [3.05, 3.63) is 35.5 Å². The summed E-state index contributed by atoms with van der Waals surface area (Å²) < 4.78 is 6.04. The van der Waals surface area contributed by atoms with E-state index in [1.807, 2.05) is 29.2 Å². The lowest BCUT2D eigenvalue weighted by atomic mass is 9.88. The maximum absolute atomic E-state index is 13.3. The Hall–Kier alpha value is -1.82. The number of amides is 2. The largest absolute Gasteiger partial charge is 0.496 e. The summed E-state index contributed by atoms with van der Waals surface area (Å²) in [6.07, 6.45) is 8.27. The van der Waals surface area contributed by atoms with E-state index in [0.717, 1.165) is 63.6 Å². The van der Waals surface area contributed by atoms with E-state index in [0.29, 0.717) is 15.9 Å². The molecule has 1 aliphatic carbocycles. The fourth-order valence-electron chi connectivity index (χ4n) is 4.01. The van der Waals surface area contributed by atoms with Gasteiger partial charge in [-0.3, -0.25) is 9.59 Å². The molecule has 0 bridgehead atoms. The van der Waals surface area contributed by atoms with Gasteiger partial charge in [0.1, 0.15) is 11.4 Å². The highest BCUT2D eigenvalue weighted by atomic mass is 79.9. The summed E-state index contributed by atoms with van der Waals surface area (Å²) in [6, 6.07) is 7.52. The highest BCUT2D eigenvalue weighted by Gasteiger charge is 2.29. The van der Waals surface area contributed by atoms with E-state index in [1.165, 1.54) is 6.42 Å². The van der Waals surface area contributed by atoms with Crippen molar-refractivity contribution >= 4 is 32.2 Å². The molecule has 0 aromatic heterocycles. The highest BCUT2D eigenvalue weighted by molar-refractivity contribution is 9.15. The van der Waals surface area contributed by atoms with Crippen molar-refractivity contribution in [3.63, 3.8) is 0 Å². The molecule has 1 N–H and O–H groups in total. The Bertz CT molecular complexity index is 735. The van der Waals surface area contributed by atoms with Gasteiger partial charge in [-0.15, -0.1) is 0 Å². The standard InChI is InChI=1S/C22H29BrN2O3/c1-28-18-13-7-6-12-17(18)19(23)20(22(27)25-14-8-3-9-15-25)24-21(26)16-10-4-2-5-11-16/h6-7,12-13,16H,2-5,8-11,14-15H2,1H3,(H,24,26). The number of halogens is 1. The van der Waals surface area contributed by atoms with Gasteiger partial charge in [0.05, 0.1) is 11.6 Å². The predicted molar refractivity (Wildman–Crippen MR) is 114 cm³/mol. The number of hydrogen-bond donors (Lipinski definition) is 1. The Morgan fingerprint density at radius 2 is 1.68 bits per heavy atom. The molecule has 6 heteroatoms. The maximum atomic E-state index is 13.3. The lowest BCUT2D eigenvalue weighted by Gasteiger charge is -2.29. The SMILES string of the molecule is COc1ccccc1C(Br)=C(NC(=O)C1CCCCC1)C(=O)N1CCCCC1. The van der Waals surface area contributed by atoms with Crippen molar-refractivity contribution in [2.75, 3.05) is 20.2 Å². The Labute approximate surface area is 175 Å². The molecule has 152 valence electrons. The van der Waals surface area contributed by atoms with Gasteiger partial charge in [0.15, 0.2) is 0 Å². The molecule has 28 heavy (non-hydrogen) atoms. The van der Waals surface area contributed by atoms with Gasteiger partial charge in [0.25, 0.3) is 5.91 Å². The summed E-state index contributed by atoms with van der Waals surface area (Å²) in [5.74, 6) is 0.467. The fourth-order valence-corrected chi connectivity index (χ4v) is 4.60. The Morgan fingerprint density at radius 1 is 1.04 bits per heavy atom. The molecule has 1 heterocycles. The molecule has 1 saturated carbocycles. The molecule has 5 nitrogen and oxygen atoms in total. The van der Waals surface area contributed by atoms with Crippen LogP contribution in [0.1, 0.15) is 56.9 Å². The van der Waals surface area contributed by atoms with E-state index in [9.17, 15) is 9.59 Å². The molecule has 0 spiro atoms. The summed E-state index contributed by atoms with van der Waals surface area (Å²) >= 11 is 3.60. The lowest BCUT2D eigenvalue weighted by molar-refractivity contribution is -0.131.